The number of nitrogens with zero attached hydrogens (tertiary/aromatic N) is 3. The normalized spacial score (nSPS) is 21.7. The zero-order chi connectivity index (χ0) is 35.2. The van der Waals surface area contributed by atoms with Crippen LogP contribution in [0.3, 0.4) is 0 Å². The van der Waals surface area contributed by atoms with Crippen molar-refractivity contribution in [3.63, 3.8) is 0 Å². The van der Waals surface area contributed by atoms with E-state index in [1.54, 1.807) is 11.1 Å². The van der Waals surface area contributed by atoms with Gasteiger partial charge in [0.05, 0.1) is 11.0 Å². The zero-order valence-corrected chi connectivity index (χ0v) is 30.5. The molecule has 1 fully saturated rings. The molecule has 0 aliphatic heterocycles. The average molecular weight is 670 g/mol. The lowest BCUT2D eigenvalue weighted by molar-refractivity contribution is -0.139. The number of hydrogen-bond donors (Lipinski definition) is 1. The molecule has 0 saturated heterocycles. The number of benzene rings is 4. The fourth-order valence-corrected chi connectivity index (χ4v) is 9.33. The van der Waals surface area contributed by atoms with Gasteiger partial charge in [-0.2, -0.15) is 0 Å². The van der Waals surface area contributed by atoms with Crippen LogP contribution in [0.5, 0.6) is 5.75 Å². The number of carboxylic acids is 1. The first-order valence-electron chi connectivity index (χ1n) is 18.3. The maximum absolute atomic E-state index is 11.3. The van der Waals surface area contributed by atoms with E-state index in [0.717, 1.165) is 47.5 Å². The molecule has 0 spiro atoms. The smallest absolute Gasteiger partial charge is 0.341 e. The summed E-state index contributed by atoms with van der Waals surface area (Å²) < 4.78 is 8.07. The molecular weight excluding hydrogens is 619 g/mol. The number of aryl methyl sites for hydroxylation is 1. The molecule has 2 aliphatic rings. The van der Waals surface area contributed by atoms with E-state index in [0.29, 0.717) is 17.6 Å². The monoisotopic (exact) mass is 669 g/mol. The summed E-state index contributed by atoms with van der Waals surface area (Å²) in [6.07, 6.45) is 5.91. The van der Waals surface area contributed by atoms with Gasteiger partial charge in [-0.25, -0.2) is 9.78 Å². The van der Waals surface area contributed by atoms with E-state index < -0.39 is 5.97 Å². The van der Waals surface area contributed by atoms with Gasteiger partial charge in [0, 0.05) is 18.7 Å². The number of aliphatic carboxylic acids is 1. The first-order chi connectivity index (χ1) is 23.9. The lowest BCUT2D eigenvalue weighted by Crippen LogP contribution is -2.50. The van der Waals surface area contributed by atoms with Gasteiger partial charge in [-0.15, -0.1) is 0 Å². The second-order valence-corrected chi connectivity index (χ2v) is 16.0. The lowest BCUT2D eigenvalue weighted by atomic mass is 9.49. The number of hydrogen-bond acceptors (Lipinski definition) is 4. The first kappa shape index (κ1) is 34.0. The van der Waals surface area contributed by atoms with Gasteiger partial charge in [0.2, 0.25) is 0 Å². The molecule has 1 saturated carbocycles. The van der Waals surface area contributed by atoms with Crippen LogP contribution in [-0.2, 0) is 29.7 Å². The molecule has 5 aromatic rings. The van der Waals surface area contributed by atoms with Crippen LogP contribution in [0.25, 0.3) is 33.5 Å². The average Bonchev–Trinajstić information content (AvgIpc) is 3.44. The second-order valence-electron chi connectivity index (χ2n) is 16.0. The van der Waals surface area contributed by atoms with Gasteiger partial charge in [-0.3, -0.25) is 0 Å². The third-order valence-corrected chi connectivity index (χ3v) is 11.6. The number of imidazole rings is 1. The molecule has 260 valence electrons. The fourth-order valence-electron chi connectivity index (χ4n) is 9.33. The van der Waals surface area contributed by atoms with Gasteiger partial charge in [-0.05, 0) is 126 Å². The predicted molar refractivity (Wildman–Crippen MR) is 203 cm³/mol. The van der Waals surface area contributed by atoms with Gasteiger partial charge >= 0.3 is 5.97 Å². The van der Waals surface area contributed by atoms with Crippen LogP contribution in [0.4, 0.5) is 0 Å². The Kier molecular flexibility index (Phi) is 9.10. The molecule has 3 atom stereocenters. The van der Waals surface area contributed by atoms with Crippen molar-refractivity contribution < 1.29 is 14.6 Å². The first-order valence-corrected chi connectivity index (χ1v) is 18.3. The largest absolute Gasteiger partial charge is 0.482 e. The van der Waals surface area contributed by atoms with Gasteiger partial charge in [-0.1, -0.05) is 88.7 Å². The Hall–Kier alpha value is -4.42. The molecule has 1 heterocycles. The van der Waals surface area contributed by atoms with E-state index in [1.807, 2.05) is 18.2 Å². The van der Waals surface area contributed by atoms with Crippen molar-refractivity contribution in [2.75, 3.05) is 20.7 Å². The van der Waals surface area contributed by atoms with Crippen LogP contribution in [-0.4, -0.2) is 46.2 Å². The van der Waals surface area contributed by atoms with E-state index in [9.17, 15) is 9.90 Å². The van der Waals surface area contributed by atoms with Crippen molar-refractivity contribution in [2.24, 2.45) is 11.3 Å². The number of fused-ring (bicyclic) bond motifs is 4. The summed E-state index contributed by atoms with van der Waals surface area (Å²) in [5, 5.41) is 9.26. The van der Waals surface area contributed by atoms with Gasteiger partial charge < -0.3 is 19.3 Å². The Bertz CT molecular complexity index is 2040. The van der Waals surface area contributed by atoms with Crippen molar-refractivity contribution in [3.8, 4) is 28.3 Å². The van der Waals surface area contributed by atoms with Crippen molar-refractivity contribution in [3.05, 3.63) is 107 Å². The summed E-state index contributed by atoms with van der Waals surface area (Å²) in [6, 6.07) is 30.5. The lowest BCUT2D eigenvalue weighted by Gasteiger charge is -2.56. The van der Waals surface area contributed by atoms with Gasteiger partial charge in [0.15, 0.2) is 6.61 Å². The number of ether oxygens (including phenoxy) is 1. The van der Waals surface area contributed by atoms with Crippen LogP contribution in [0, 0.1) is 11.3 Å². The minimum absolute atomic E-state index is 0.0559. The van der Waals surface area contributed by atoms with Crippen molar-refractivity contribution in [1.29, 1.82) is 0 Å². The highest BCUT2D eigenvalue weighted by molar-refractivity contribution is 5.86. The van der Waals surface area contributed by atoms with Crippen LogP contribution in [0.1, 0.15) is 81.5 Å². The second kappa shape index (κ2) is 13.4. The maximum atomic E-state index is 11.3. The summed E-state index contributed by atoms with van der Waals surface area (Å²) in [5.74, 6) is 1.50. The Balaban J connectivity index is 1.31. The Labute approximate surface area is 297 Å². The van der Waals surface area contributed by atoms with E-state index in [2.05, 4.69) is 118 Å². The molecule has 1 N–H and O–H groups in total. The van der Waals surface area contributed by atoms with Crippen LogP contribution >= 0.6 is 0 Å². The Morgan fingerprint density at radius 1 is 0.960 bits per heavy atom. The standard InChI is InChI=1S/C44H51N3O3/c1-29(2)31-14-17-37-34(23-31)16-19-40-43(3,20-9-21-44(37,40)4)28-47-39-18-15-33(32-11-7-10-30(22-32)26-46(5)6)25-38(39)45-42(47)35-12-8-13-36(24-35)50-27-41(48)49/h7-8,10-15,17-18,22-25,29,40H,9,16,19-21,26-28H2,1-6H3,(H,48,49)/t40-,43+,44+/m0/s1. The number of aromatic nitrogens is 2. The SMILES string of the molecule is CC(C)c1ccc2c(c1)CC[C@H]1[C@@](C)(Cn3c(-c4cccc(OCC(=O)O)c4)nc4cc(-c5cccc(CN(C)C)c5)ccc43)CCC[C@]21C. The molecule has 1 aromatic heterocycles. The third kappa shape index (κ3) is 6.46. The van der Waals surface area contributed by atoms with Crippen LogP contribution in [0.15, 0.2) is 84.9 Å². The van der Waals surface area contributed by atoms with Gasteiger partial charge in [0.1, 0.15) is 11.6 Å². The van der Waals surface area contributed by atoms with Crippen molar-refractivity contribution >= 4 is 17.0 Å². The highest BCUT2D eigenvalue weighted by Crippen LogP contribution is 2.58. The topological polar surface area (TPSA) is 67.6 Å². The van der Waals surface area contributed by atoms with E-state index >= 15 is 0 Å². The van der Waals surface area contributed by atoms with Crippen molar-refractivity contribution in [2.45, 2.75) is 84.2 Å². The van der Waals surface area contributed by atoms with Crippen LogP contribution in [0.2, 0.25) is 0 Å². The molecule has 0 amide bonds. The summed E-state index contributed by atoms with van der Waals surface area (Å²) in [5.41, 5.74) is 11.4. The van der Waals surface area contributed by atoms with E-state index in [4.69, 9.17) is 9.72 Å². The molecule has 50 heavy (non-hydrogen) atoms. The number of rotatable bonds is 10. The molecule has 6 heteroatoms. The predicted octanol–water partition coefficient (Wildman–Crippen LogP) is 9.73. The third-order valence-electron chi connectivity index (χ3n) is 11.6. The highest BCUT2D eigenvalue weighted by atomic mass is 16.5. The quantitative estimate of drug-likeness (QED) is 0.160. The van der Waals surface area contributed by atoms with E-state index in [-0.39, 0.29) is 17.4 Å². The van der Waals surface area contributed by atoms with Gasteiger partial charge in [0.25, 0.3) is 0 Å². The maximum Gasteiger partial charge on any atom is 0.341 e. The number of carbonyl (C=O) groups is 1. The summed E-state index contributed by atoms with van der Waals surface area (Å²) in [4.78, 5) is 18.8. The molecule has 0 bridgehead atoms. The minimum Gasteiger partial charge on any atom is -0.482 e. The molecule has 4 aromatic carbocycles. The summed E-state index contributed by atoms with van der Waals surface area (Å²) >= 11 is 0. The molecular formula is C44H51N3O3. The highest BCUT2D eigenvalue weighted by Gasteiger charge is 2.52. The van der Waals surface area contributed by atoms with Crippen molar-refractivity contribution in [1.82, 2.24) is 14.5 Å². The molecule has 7 rings (SSSR count). The molecule has 2 aliphatic carbocycles. The Morgan fingerprint density at radius 2 is 1.74 bits per heavy atom. The van der Waals surface area contributed by atoms with E-state index in [1.165, 1.54) is 42.4 Å². The number of carboxylic acid groups (broad SMARTS) is 1. The fraction of sp³-hybridized carbons (Fsp3) is 0.409. The molecule has 6 nitrogen and oxygen atoms in total. The summed E-state index contributed by atoms with van der Waals surface area (Å²) in [7, 11) is 4.19. The molecule has 0 unspecified atom stereocenters. The minimum atomic E-state index is -0.993. The molecule has 0 radical (unpaired) electrons. The summed E-state index contributed by atoms with van der Waals surface area (Å²) in [6.45, 7) is 11.0. The zero-order valence-electron chi connectivity index (χ0n) is 30.5. The Morgan fingerprint density at radius 3 is 2.52 bits per heavy atom. The van der Waals surface area contributed by atoms with Crippen LogP contribution < -0.4 is 4.74 Å².